The SMILES string of the molecule is N[C@@H]1CCC[C@H]1CC(=O)Nc1ccnn1Cc1ccc(Cl)cc1Cl. The lowest BCUT2D eigenvalue weighted by atomic mass is 10.00. The van der Waals surface area contributed by atoms with E-state index in [1.807, 2.05) is 6.07 Å². The Bertz CT molecular complexity index is 731. The molecule has 2 aromatic rings. The number of nitrogens with two attached hydrogens (primary N) is 1. The van der Waals surface area contributed by atoms with Crippen molar-refractivity contribution in [1.29, 1.82) is 0 Å². The van der Waals surface area contributed by atoms with Crippen LogP contribution in [-0.2, 0) is 11.3 Å². The first-order chi connectivity index (χ1) is 11.5. The summed E-state index contributed by atoms with van der Waals surface area (Å²) in [5, 5.41) is 8.35. The van der Waals surface area contributed by atoms with E-state index >= 15 is 0 Å². The quantitative estimate of drug-likeness (QED) is 0.847. The fourth-order valence-electron chi connectivity index (χ4n) is 3.13. The standard InChI is InChI=1S/C17H20Cl2N4O/c18-13-5-4-12(14(19)9-13)10-23-16(6-7-21-23)22-17(24)8-11-2-1-3-15(11)20/h4-7,9,11,15H,1-3,8,10,20H2,(H,22,24)/t11-,15+/m0/s1. The highest BCUT2D eigenvalue weighted by atomic mass is 35.5. The predicted molar refractivity (Wildman–Crippen MR) is 96.4 cm³/mol. The zero-order valence-electron chi connectivity index (χ0n) is 13.2. The molecule has 7 heteroatoms. The normalized spacial score (nSPS) is 20.3. The number of rotatable bonds is 5. The van der Waals surface area contributed by atoms with Crippen LogP contribution in [0.5, 0.6) is 0 Å². The van der Waals surface area contributed by atoms with E-state index in [9.17, 15) is 4.79 Å². The van der Waals surface area contributed by atoms with Gasteiger partial charge in [0, 0.05) is 28.6 Å². The van der Waals surface area contributed by atoms with Crippen LogP contribution in [0.15, 0.2) is 30.5 Å². The first-order valence-corrected chi connectivity index (χ1v) is 8.79. The molecule has 0 unspecified atom stereocenters. The second-order valence-electron chi connectivity index (χ2n) is 6.22. The van der Waals surface area contributed by atoms with Gasteiger partial charge < -0.3 is 11.1 Å². The van der Waals surface area contributed by atoms with Crippen molar-refractivity contribution in [3.8, 4) is 0 Å². The summed E-state index contributed by atoms with van der Waals surface area (Å²) in [6, 6.07) is 7.24. The van der Waals surface area contributed by atoms with E-state index in [1.165, 1.54) is 0 Å². The van der Waals surface area contributed by atoms with Gasteiger partial charge in [-0.3, -0.25) is 4.79 Å². The Morgan fingerprint density at radius 1 is 1.33 bits per heavy atom. The molecule has 1 aromatic heterocycles. The van der Waals surface area contributed by atoms with E-state index in [0.29, 0.717) is 28.8 Å². The van der Waals surface area contributed by atoms with Crippen molar-refractivity contribution in [1.82, 2.24) is 9.78 Å². The Morgan fingerprint density at radius 3 is 2.88 bits per heavy atom. The lowest BCUT2D eigenvalue weighted by Crippen LogP contribution is -2.28. The first kappa shape index (κ1) is 17.3. The van der Waals surface area contributed by atoms with Crippen LogP contribution in [0.1, 0.15) is 31.2 Å². The number of halogens is 2. The molecule has 0 bridgehead atoms. The maximum absolute atomic E-state index is 12.3. The molecule has 3 rings (SSSR count). The average Bonchev–Trinajstić information content (AvgIpc) is 3.12. The number of carbonyl (C=O) groups is 1. The molecule has 0 aliphatic heterocycles. The van der Waals surface area contributed by atoms with Crippen LogP contribution in [0.2, 0.25) is 10.0 Å². The second kappa shape index (κ2) is 7.55. The molecule has 5 nitrogen and oxygen atoms in total. The largest absolute Gasteiger partial charge is 0.327 e. The smallest absolute Gasteiger partial charge is 0.225 e. The Hall–Kier alpha value is -1.56. The highest BCUT2D eigenvalue weighted by Crippen LogP contribution is 2.27. The number of nitrogens with one attached hydrogen (secondary N) is 1. The molecule has 0 radical (unpaired) electrons. The summed E-state index contributed by atoms with van der Waals surface area (Å²) >= 11 is 12.1. The Balaban J connectivity index is 1.65. The molecule has 1 aromatic carbocycles. The van der Waals surface area contributed by atoms with Gasteiger partial charge in [-0.1, -0.05) is 35.7 Å². The van der Waals surface area contributed by atoms with Crippen LogP contribution < -0.4 is 11.1 Å². The minimum absolute atomic E-state index is 0.0266. The molecule has 3 N–H and O–H groups in total. The third-order valence-electron chi connectivity index (χ3n) is 4.48. The van der Waals surface area contributed by atoms with Crippen LogP contribution in [-0.4, -0.2) is 21.7 Å². The van der Waals surface area contributed by atoms with Crippen LogP contribution >= 0.6 is 23.2 Å². The molecule has 0 saturated heterocycles. The summed E-state index contributed by atoms with van der Waals surface area (Å²) < 4.78 is 1.71. The molecular formula is C17H20Cl2N4O. The van der Waals surface area contributed by atoms with Crippen LogP contribution in [0.4, 0.5) is 5.82 Å². The Labute approximate surface area is 151 Å². The van der Waals surface area contributed by atoms with Gasteiger partial charge in [0.1, 0.15) is 5.82 Å². The number of aromatic nitrogens is 2. The van der Waals surface area contributed by atoms with E-state index in [-0.39, 0.29) is 17.9 Å². The van der Waals surface area contributed by atoms with Crippen molar-refractivity contribution < 1.29 is 4.79 Å². The number of anilines is 1. The Kier molecular flexibility index (Phi) is 5.43. The van der Waals surface area contributed by atoms with Gasteiger partial charge in [0.25, 0.3) is 0 Å². The van der Waals surface area contributed by atoms with Crippen molar-refractivity contribution >= 4 is 34.9 Å². The summed E-state index contributed by atoms with van der Waals surface area (Å²) in [7, 11) is 0. The minimum atomic E-state index is -0.0266. The highest BCUT2D eigenvalue weighted by Gasteiger charge is 2.26. The first-order valence-electron chi connectivity index (χ1n) is 8.04. The number of nitrogens with zero attached hydrogens (tertiary/aromatic N) is 2. The van der Waals surface area contributed by atoms with Gasteiger partial charge in [-0.05, 0) is 36.5 Å². The molecule has 1 heterocycles. The average molecular weight is 367 g/mol. The maximum atomic E-state index is 12.3. The van der Waals surface area contributed by atoms with E-state index in [1.54, 1.807) is 29.1 Å². The summed E-state index contributed by atoms with van der Waals surface area (Å²) in [5.41, 5.74) is 6.93. The van der Waals surface area contributed by atoms with Gasteiger partial charge in [0.05, 0.1) is 12.7 Å². The van der Waals surface area contributed by atoms with E-state index in [0.717, 1.165) is 24.8 Å². The fraction of sp³-hybridized carbons (Fsp3) is 0.412. The summed E-state index contributed by atoms with van der Waals surface area (Å²) in [5.74, 6) is 0.894. The number of hydrogen-bond donors (Lipinski definition) is 2. The molecule has 0 spiro atoms. The van der Waals surface area contributed by atoms with Crippen LogP contribution in [0.25, 0.3) is 0 Å². The molecule has 24 heavy (non-hydrogen) atoms. The van der Waals surface area contributed by atoms with Gasteiger partial charge in [0.2, 0.25) is 5.91 Å². The topological polar surface area (TPSA) is 72.9 Å². The van der Waals surface area contributed by atoms with Gasteiger partial charge in [0.15, 0.2) is 0 Å². The van der Waals surface area contributed by atoms with Gasteiger partial charge in [-0.25, -0.2) is 4.68 Å². The molecule has 1 saturated carbocycles. The lowest BCUT2D eigenvalue weighted by Gasteiger charge is -2.15. The predicted octanol–water partition coefficient (Wildman–Crippen LogP) is 3.69. The van der Waals surface area contributed by atoms with Gasteiger partial charge in [-0.15, -0.1) is 0 Å². The molecule has 1 aliphatic carbocycles. The van der Waals surface area contributed by atoms with Crippen molar-refractivity contribution in [2.24, 2.45) is 11.7 Å². The number of amides is 1. The molecule has 128 valence electrons. The number of carbonyl (C=O) groups excluding carboxylic acids is 1. The zero-order valence-corrected chi connectivity index (χ0v) is 14.7. The number of benzene rings is 1. The van der Waals surface area contributed by atoms with Gasteiger partial charge >= 0.3 is 0 Å². The molecule has 1 aliphatic rings. The Morgan fingerprint density at radius 2 is 2.17 bits per heavy atom. The summed E-state index contributed by atoms with van der Waals surface area (Å²) in [4.78, 5) is 12.3. The van der Waals surface area contributed by atoms with Crippen molar-refractivity contribution in [2.75, 3.05) is 5.32 Å². The van der Waals surface area contributed by atoms with Crippen LogP contribution in [0, 0.1) is 5.92 Å². The third kappa shape index (κ3) is 4.09. The second-order valence-corrected chi connectivity index (χ2v) is 7.06. The minimum Gasteiger partial charge on any atom is -0.327 e. The molecule has 1 fully saturated rings. The highest BCUT2D eigenvalue weighted by molar-refractivity contribution is 6.35. The van der Waals surface area contributed by atoms with E-state index in [2.05, 4.69) is 10.4 Å². The maximum Gasteiger partial charge on any atom is 0.225 e. The number of hydrogen-bond acceptors (Lipinski definition) is 3. The fourth-order valence-corrected chi connectivity index (χ4v) is 3.60. The molecule has 1 amide bonds. The monoisotopic (exact) mass is 366 g/mol. The van der Waals surface area contributed by atoms with Crippen molar-refractivity contribution in [3.05, 3.63) is 46.1 Å². The molecular weight excluding hydrogens is 347 g/mol. The lowest BCUT2D eigenvalue weighted by molar-refractivity contribution is -0.117. The molecule has 2 atom stereocenters. The summed E-state index contributed by atoms with van der Waals surface area (Å²) in [6.45, 7) is 0.460. The summed E-state index contributed by atoms with van der Waals surface area (Å²) in [6.07, 6.45) is 5.24. The van der Waals surface area contributed by atoms with Gasteiger partial charge in [-0.2, -0.15) is 5.10 Å². The van der Waals surface area contributed by atoms with Crippen molar-refractivity contribution in [3.63, 3.8) is 0 Å². The van der Waals surface area contributed by atoms with Crippen LogP contribution in [0.3, 0.4) is 0 Å². The third-order valence-corrected chi connectivity index (χ3v) is 5.07. The zero-order chi connectivity index (χ0) is 17.1. The van der Waals surface area contributed by atoms with E-state index < -0.39 is 0 Å². The van der Waals surface area contributed by atoms with E-state index in [4.69, 9.17) is 28.9 Å². The van der Waals surface area contributed by atoms with Crippen molar-refractivity contribution in [2.45, 2.75) is 38.3 Å².